The fraction of sp³-hybridized carbons (Fsp3) is 0.182. The van der Waals surface area contributed by atoms with Crippen LogP contribution in [-0.2, 0) is 4.74 Å². The smallest absolute Gasteiger partial charge is 0.337 e. The maximum absolute atomic E-state index is 11.7. The monoisotopic (exact) mass is 391 g/mol. The molecule has 7 nitrogen and oxygen atoms in total. The van der Waals surface area contributed by atoms with Gasteiger partial charge >= 0.3 is 5.97 Å². The number of pyridine rings is 1. The van der Waals surface area contributed by atoms with Gasteiger partial charge in [0.25, 0.3) is 0 Å². The number of carbonyl (C=O) groups excluding carboxylic acids is 1. The lowest BCUT2D eigenvalue weighted by Gasteiger charge is -2.30. The minimum absolute atomic E-state index is 0.380. The highest BCUT2D eigenvalue weighted by Gasteiger charge is 2.22. The lowest BCUT2D eigenvalue weighted by Crippen LogP contribution is -2.29. The number of hydrogen-bond acceptors (Lipinski definition) is 7. The Labute approximate surface area is 168 Å². The lowest BCUT2D eigenvalue weighted by atomic mass is 10.2. The molecule has 1 aromatic heterocycles. The largest absolute Gasteiger partial charge is 0.497 e. The molecule has 2 heterocycles. The normalized spacial score (nSPS) is 12.6. The predicted octanol–water partition coefficient (Wildman–Crippen LogP) is 4.15. The molecule has 0 saturated heterocycles. The summed E-state index contributed by atoms with van der Waals surface area (Å²) in [5, 5.41) is 3.26. The van der Waals surface area contributed by atoms with Gasteiger partial charge in [0.05, 0.1) is 38.2 Å². The van der Waals surface area contributed by atoms with Crippen molar-refractivity contribution in [2.24, 2.45) is 0 Å². The molecular weight excluding hydrogens is 370 g/mol. The van der Waals surface area contributed by atoms with Crippen LogP contribution < -0.4 is 19.7 Å². The Hall–Kier alpha value is -3.74. The van der Waals surface area contributed by atoms with E-state index >= 15 is 0 Å². The van der Waals surface area contributed by atoms with Crippen LogP contribution in [0.15, 0.2) is 60.8 Å². The Morgan fingerprint density at radius 2 is 1.97 bits per heavy atom. The van der Waals surface area contributed by atoms with Crippen LogP contribution in [0.5, 0.6) is 11.5 Å². The summed E-state index contributed by atoms with van der Waals surface area (Å²) in [6.07, 6.45) is 1.74. The van der Waals surface area contributed by atoms with Crippen molar-refractivity contribution in [2.75, 3.05) is 37.6 Å². The standard InChI is InChI=1S/C22H21N3O4/c1-27-19-8-4-7-18(13-19)25-9-10-29-20-12-17(14-23-21(20)25)24-16-6-3-5-15(11-16)22(26)28-2/h3-8,11-14,24H,9-10H2,1-2H3. The number of benzene rings is 2. The number of rotatable bonds is 5. The van der Waals surface area contributed by atoms with Crippen molar-refractivity contribution in [2.45, 2.75) is 0 Å². The Kier molecular flexibility index (Phi) is 5.20. The molecule has 1 N–H and O–H groups in total. The number of carbonyl (C=O) groups is 1. The van der Waals surface area contributed by atoms with E-state index in [9.17, 15) is 4.79 Å². The summed E-state index contributed by atoms with van der Waals surface area (Å²) in [5.74, 6) is 1.85. The van der Waals surface area contributed by atoms with Gasteiger partial charge in [-0.05, 0) is 30.3 Å². The molecule has 4 rings (SSSR count). The van der Waals surface area contributed by atoms with Crippen LogP contribution >= 0.6 is 0 Å². The minimum Gasteiger partial charge on any atom is -0.497 e. The first-order valence-corrected chi connectivity index (χ1v) is 9.18. The first kappa shape index (κ1) is 18.6. The van der Waals surface area contributed by atoms with E-state index in [1.54, 1.807) is 31.5 Å². The van der Waals surface area contributed by atoms with Crippen molar-refractivity contribution in [1.29, 1.82) is 0 Å². The van der Waals surface area contributed by atoms with Crippen LogP contribution in [0.4, 0.5) is 22.9 Å². The first-order chi connectivity index (χ1) is 14.2. The highest BCUT2D eigenvalue weighted by Crippen LogP contribution is 2.37. The Bertz CT molecular complexity index is 1040. The Balaban J connectivity index is 1.59. The highest BCUT2D eigenvalue weighted by atomic mass is 16.5. The maximum Gasteiger partial charge on any atom is 0.337 e. The van der Waals surface area contributed by atoms with Crippen LogP contribution in [0.3, 0.4) is 0 Å². The average Bonchev–Trinajstić information content (AvgIpc) is 2.78. The fourth-order valence-corrected chi connectivity index (χ4v) is 3.21. The van der Waals surface area contributed by atoms with E-state index in [-0.39, 0.29) is 5.97 Å². The van der Waals surface area contributed by atoms with Gasteiger partial charge in [0.2, 0.25) is 0 Å². The fourth-order valence-electron chi connectivity index (χ4n) is 3.21. The SMILES string of the molecule is COC(=O)c1cccc(Nc2cnc3c(c2)OCCN3c2cccc(OC)c2)c1. The number of aromatic nitrogens is 1. The summed E-state index contributed by atoms with van der Waals surface area (Å²) in [6.45, 7) is 1.24. The molecule has 0 bridgehead atoms. The van der Waals surface area contributed by atoms with Crippen LogP contribution in [0.25, 0.3) is 0 Å². The number of nitrogens with zero attached hydrogens (tertiary/aromatic N) is 2. The second-order valence-corrected chi connectivity index (χ2v) is 6.44. The van der Waals surface area contributed by atoms with Crippen molar-refractivity contribution < 1.29 is 19.0 Å². The number of fused-ring (bicyclic) bond motifs is 1. The van der Waals surface area contributed by atoms with Crippen molar-refractivity contribution in [1.82, 2.24) is 4.98 Å². The lowest BCUT2D eigenvalue weighted by molar-refractivity contribution is 0.0601. The zero-order valence-electron chi connectivity index (χ0n) is 16.2. The van der Waals surface area contributed by atoms with Crippen molar-refractivity contribution in [3.05, 3.63) is 66.4 Å². The molecule has 1 aliphatic rings. The first-order valence-electron chi connectivity index (χ1n) is 9.18. The second kappa shape index (κ2) is 8.10. The van der Waals surface area contributed by atoms with Crippen molar-refractivity contribution >= 4 is 28.8 Å². The second-order valence-electron chi connectivity index (χ2n) is 6.44. The van der Waals surface area contributed by atoms with E-state index in [1.165, 1.54) is 7.11 Å². The molecule has 0 unspecified atom stereocenters. The third kappa shape index (κ3) is 3.94. The summed E-state index contributed by atoms with van der Waals surface area (Å²) in [5.41, 5.74) is 2.99. The third-order valence-corrected chi connectivity index (χ3v) is 4.60. The number of esters is 1. The summed E-state index contributed by atoms with van der Waals surface area (Å²) in [6, 6.07) is 16.9. The molecule has 29 heavy (non-hydrogen) atoms. The summed E-state index contributed by atoms with van der Waals surface area (Å²) >= 11 is 0. The van der Waals surface area contributed by atoms with Crippen molar-refractivity contribution in [3.63, 3.8) is 0 Å². The number of nitrogens with one attached hydrogen (secondary N) is 1. The average molecular weight is 391 g/mol. The van der Waals surface area contributed by atoms with E-state index < -0.39 is 0 Å². The Morgan fingerprint density at radius 1 is 1.10 bits per heavy atom. The molecule has 0 radical (unpaired) electrons. The van der Waals surface area contributed by atoms with Gasteiger partial charge in [-0.2, -0.15) is 0 Å². The minimum atomic E-state index is -0.380. The zero-order valence-corrected chi connectivity index (χ0v) is 16.2. The molecule has 0 saturated carbocycles. The molecule has 0 amide bonds. The topological polar surface area (TPSA) is 72.9 Å². The van der Waals surface area contributed by atoms with Gasteiger partial charge in [-0.3, -0.25) is 0 Å². The van der Waals surface area contributed by atoms with Gasteiger partial charge in [-0.25, -0.2) is 9.78 Å². The number of ether oxygens (including phenoxy) is 3. The number of anilines is 4. The van der Waals surface area contributed by atoms with Crippen LogP contribution in [0.2, 0.25) is 0 Å². The quantitative estimate of drug-likeness (QED) is 0.655. The van der Waals surface area contributed by atoms with E-state index in [4.69, 9.17) is 14.2 Å². The summed E-state index contributed by atoms with van der Waals surface area (Å²) in [7, 11) is 3.01. The number of hydrogen-bond donors (Lipinski definition) is 1. The molecule has 1 aliphatic heterocycles. The molecule has 148 valence electrons. The van der Waals surface area contributed by atoms with Crippen LogP contribution in [0.1, 0.15) is 10.4 Å². The number of methoxy groups -OCH3 is 2. The summed E-state index contributed by atoms with van der Waals surface area (Å²) < 4.78 is 15.9. The van der Waals surface area contributed by atoms with Crippen molar-refractivity contribution in [3.8, 4) is 11.5 Å². The van der Waals surface area contributed by atoms with E-state index in [0.717, 1.165) is 28.6 Å². The maximum atomic E-state index is 11.7. The highest BCUT2D eigenvalue weighted by molar-refractivity contribution is 5.90. The zero-order chi connectivity index (χ0) is 20.2. The molecule has 3 aromatic rings. The van der Waals surface area contributed by atoms with Gasteiger partial charge in [0.1, 0.15) is 12.4 Å². The van der Waals surface area contributed by atoms with Gasteiger partial charge in [-0.1, -0.05) is 12.1 Å². The molecule has 0 atom stereocenters. The molecule has 2 aromatic carbocycles. The molecule has 0 aliphatic carbocycles. The summed E-state index contributed by atoms with van der Waals surface area (Å²) in [4.78, 5) is 18.4. The van der Waals surface area contributed by atoms with E-state index in [2.05, 4.69) is 15.2 Å². The molecule has 0 fully saturated rings. The Morgan fingerprint density at radius 3 is 2.79 bits per heavy atom. The van der Waals surface area contributed by atoms with Crippen LogP contribution in [-0.4, -0.2) is 38.3 Å². The van der Waals surface area contributed by atoms with Gasteiger partial charge in [0.15, 0.2) is 11.6 Å². The molecule has 0 spiro atoms. The van der Waals surface area contributed by atoms with Gasteiger partial charge < -0.3 is 24.4 Å². The van der Waals surface area contributed by atoms with E-state index in [0.29, 0.717) is 24.5 Å². The van der Waals surface area contributed by atoms with Gasteiger partial charge in [0, 0.05) is 23.5 Å². The van der Waals surface area contributed by atoms with E-state index in [1.807, 2.05) is 36.4 Å². The van der Waals surface area contributed by atoms with Gasteiger partial charge in [-0.15, -0.1) is 0 Å². The van der Waals surface area contributed by atoms with Crippen LogP contribution in [0, 0.1) is 0 Å². The molecule has 7 heteroatoms. The third-order valence-electron chi connectivity index (χ3n) is 4.60. The predicted molar refractivity (Wildman–Crippen MR) is 111 cm³/mol. The molecular formula is C22H21N3O4.